The fourth-order valence-corrected chi connectivity index (χ4v) is 2.54. The van der Waals surface area contributed by atoms with Gasteiger partial charge in [-0.15, -0.1) is 0 Å². The first-order valence-electron chi connectivity index (χ1n) is 7.50. The van der Waals surface area contributed by atoms with Crippen LogP contribution >= 0.6 is 0 Å². The number of halogens is 2. The minimum Gasteiger partial charge on any atom is -0.494 e. The number of carboxylic acids is 1. The molecule has 5 nitrogen and oxygen atoms in total. The van der Waals surface area contributed by atoms with Crippen LogP contribution in [0.25, 0.3) is 10.8 Å². The molecular formula is C19H13F2NO4. The minimum absolute atomic E-state index is 0.0973. The van der Waals surface area contributed by atoms with Gasteiger partial charge < -0.3 is 15.2 Å². The number of hydrogen-bond acceptors (Lipinski definition) is 3. The van der Waals surface area contributed by atoms with Crippen LogP contribution in [-0.4, -0.2) is 24.1 Å². The Morgan fingerprint density at radius 1 is 1.00 bits per heavy atom. The molecule has 0 aliphatic rings. The zero-order valence-corrected chi connectivity index (χ0v) is 13.5. The zero-order chi connectivity index (χ0) is 18.8. The number of anilines is 1. The number of amides is 1. The Hall–Kier alpha value is -3.48. The Kier molecular flexibility index (Phi) is 4.53. The lowest BCUT2D eigenvalue weighted by molar-refractivity contribution is 0.0697. The summed E-state index contributed by atoms with van der Waals surface area (Å²) in [6, 6.07) is 10.6. The lowest BCUT2D eigenvalue weighted by Crippen LogP contribution is -2.15. The maximum atomic E-state index is 13.7. The summed E-state index contributed by atoms with van der Waals surface area (Å²) in [5, 5.41) is 12.9. The second-order valence-corrected chi connectivity index (χ2v) is 5.50. The van der Waals surface area contributed by atoms with Gasteiger partial charge in [0.1, 0.15) is 5.82 Å². The van der Waals surface area contributed by atoms with E-state index < -0.39 is 23.3 Å². The van der Waals surface area contributed by atoms with Crippen molar-refractivity contribution < 1.29 is 28.2 Å². The number of carbonyl (C=O) groups excluding carboxylic acids is 1. The van der Waals surface area contributed by atoms with Crippen LogP contribution in [0.5, 0.6) is 5.75 Å². The summed E-state index contributed by atoms with van der Waals surface area (Å²) in [6.45, 7) is 0. The first-order chi connectivity index (χ1) is 12.4. The number of aromatic carboxylic acids is 1. The molecule has 3 aromatic carbocycles. The van der Waals surface area contributed by atoms with Gasteiger partial charge in [-0.1, -0.05) is 12.1 Å². The molecule has 0 saturated heterocycles. The third-order valence-corrected chi connectivity index (χ3v) is 3.84. The van der Waals surface area contributed by atoms with Gasteiger partial charge in [0.05, 0.1) is 18.4 Å². The fourth-order valence-electron chi connectivity index (χ4n) is 2.54. The number of benzene rings is 3. The Balaban J connectivity index is 1.97. The molecule has 0 aromatic heterocycles. The van der Waals surface area contributed by atoms with Crippen LogP contribution in [0.15, 0.2) is 48.5 Å². The molecular weight excluding hydrogens is 344 g/mol. The van der Waals surface area contributed by atoms with E-state index in [9.17, 15) is 23.5 Å². The predicted molar refractivity (Wildman–Crippen MR) is 91.8 cm³/mol. The van der Waals surface area contributed by atoms with Gasteiger partial charge >= 0.3 is 5.97 Å². The van der Waals surface area contributed by atoms with Gasteiger partial charge in [0.25, 0.3) is 5.91 Å². The monoisotopic (exact) mass is 357 g/mol. The molecule has 0 fully saturated rings. The number of ether oxygens (including phenoxy) is 1. The van der Waals surface area contributed by atoms with Crippen molar-refractivity contribution in [3.05, 3.63) is 71.3 Å². The lowest BCUT2D eigenvalue weighted by atomic mass is 10.1. The molecule has 0 atom stereocenters. The molecule has 0 heterocycles. The van der Waals surface area contributed by atoms with Gasteiger partial charge in [-0.2, -0.15) is 0 Å². The predicted octanol–water partition coefficient (Wildman–Crippen LogP) is 4.08. The van der Waals surface area contributed by atoms with Crippen LogP contribution in [0, 0.1) is 11.6 Å². The molecule has 2 N–H and O–H groups in total. The van der Waals surface area contributed by atoms with Crippen molar-refractivity contribution in [3.63, 3.8) is 0 Å². The van der Waals surface area contributed by atoms with E-state index in [0.717, 1.165) is 12.1 Å². The number of fused-ring (bicyclic) bond motifs is 1. The first kappa shape index (κ1) is 17.3. The molecule has 0 spiro atoms. The SMILES string of the molecule is COc1cc(NC(=O)c2ccc3cc(F)ccc3c2)c(C(=O)O)cc1F. The molecule has 0 radical (unpaired) electrons. The van der Waals surface area contributed by atoms with E-state index in [1.165, 1.54) is 31.4 Å². The van der Waals surface area contributed by atoms with Crippen molar-refractivity contribution in [3.8, 4) is 5.75 Å². The van der Waals surface area contributed by atoms with E-state index >= 15 is 0 Å². The molecule has 0 unspecified atom stereocenters. The Morgan fingerprint density at radius 2 is 1.69 bits per heavy atom. The Labute approximate surface area is 146 Å². The summed E-state index contributed by atoms with van der Waals surface area (Å²) in [7, 11) is 1.23. The molecule has 0 aliphatic heterocycles. The topological polar surface area (TPSA) is 75.6 Å². The van der Waals surface area contributed by atoms with Crippen LogP contribution in [0.3, 0.4) is 0 Å². The molecule has 7 heteroatoms. The molecule has 0 bridgehead atoms. The third-order valence-electron chi connectivity index (χ3n) is 3.84. The van der Waals surface area contributed by atoms with Gasteiger partial charge in [-0.3, -0.25) is 4.79 Å². The van der Waals surface area contributed by atoms with Crippen molar-refractivity contribution in [1.29, 1.82) is 0 Å². The number of carbonyl (C=O) groups is 2. The van der Waals surface area contributed by atoms with E-state index in [1.807, 2.05) is 0 Å². The number of rotatable bonds is 4. The van der Waals surface area contributed by atoms with E-state index in [0.29, 0.717) is 10.8 Å². The van der Waals surface area contributed by atoms with Gasteiger partial charge in [0.2, 0.25) is 0 Å². The van der Waals surface area contributed by atoms with Crippen molar-refractivity contribution in [2.24, 2.45) is 0 Å². The molecule has 1 amide bonds. The largest absolute Gasteiger partial charge is 0.494 e. The first-order valence-corrected chi connectivity index (χ1v) is 7.50. The smallest absolute Gasteiger partial charge is 0.337 e. The number of hydrogen-bond donors (Lipinski definition) is 2. The van der Waals surface area contributed by atoms with Crippen LogP contribution in [-0.2, 0) is 0 Å². The zero-order valence-electron chi connectivity index (χ0n) is 13.5. The molecule has 3 aromatic rings. The van der Waals surface area contributed by atoms with Crippen LogP contribution in [0.1, 0.15) is 20.7 Å². The third kappa shape index (κ3) is 3.32. The Bertz CT molecular complexity index is 1030. The number of methoxy groups -OCH3 is 1. The second-order valence-electron chi connectivity index (χ2n) is 5.50. The number of carboxylic acid groups (broad SMARTS) is 1. The van der Waals surface area contributed by atoms with Gasteiger partial charge in [-0.05, 0) is 41.1 Å². The molecule has 3 rings (SSSR count). The second kappa shape index (κ2) is 6.79. The van der Waals surface area contributed by atoms with E-state index in [2.05, 4.69) is 5.32 Å². The summed E-state index contributed by atoms with van der Waals surface area (Å²) in [5.74, 6) is -3.42. The highest BCUT2D eigenvalue weighted by Gasteiger charge is 2.18. The van der Waals surface area contributed by atoms with Crippen LogP contribution in [0.4, 0.5) is 14.5 Å². The standard InChI is InChI=1S/C19H13F2NO4/c1-26-17-9-16(14(19(24)25)8-15(17)21)22-18(23)12-3-2-11-7-13(20)5-4-10(11)6-12/h2-9H,1H3,(H,22,23)(H,24,25). The quantitative estimate of drug-likeness (QED) is 0.738. The summed E-state index contributed by atoms with van der Waals surface area (Å²) < 4.78 is 31.8. The maximum absolute atomic E-state index is 13.7. The Morgan fingerprint density at radius 3 is 2.38 bits per heavy atom. The van der Waals surface area contributed by atoms with E-state index in [-0.39, 0.29) is 22.8 Å². The number of nitrogens with one attached hydrogen (secondary N) is 1. The summed E-state index contributed by atoms with van der Waals surface area (Å²) in [6.07, 6.45) is 0. The summed E-state index contributed by atoms with van der Waals surface area (Å²) >= 11 is 0. The van der Waals surface area contributed by atoms with Crippen molar-refractivity contribution >= 4 is 28.3 Å². The van der Waals surface area contributed by atoms with Crippen molar-refractivity contribution in [1.82, 2.24) is 0 Å². The van der Waals surface area contributed by atoms with Gasteiger partial charge in [-0.25, -0.2) is 13.6 Å². The molecule has 26 heavy (non-hydrogen) atoms. The van der Waals surface area contributed by atoms with Gasteiger partial charge in [0, 0.05) is 11.6 Å². The van der Waals surface area contributed by atoms with Crippen LogP contribution in [0.2, 0.25) is 0 Å². The van der Waals surface area contributed by atoms with E-state index in [4.69, 9.17) is 4.74 Å². The average molecular weight is 357 g/mol. The lowest BCUT2D eigenvalue weighted by Gasteiger charge is -2.12. The normalized spacial score (nSPS) is 10.6. The highest BCUT2D eigenvalue weighted by Crippen LogP contribution is 2.27. The summed E-state index contributed by atoms with van der Waals surface area (Å²) in [4.78, 5) is 23.8. The average Bonchev–Trinajstić information content (AvgIpc) is 2.62. The molecule has 132 valence electrons. The highest BCUT2D eigenvalue weighted by atomic mass is 19.1. The highest BCUT2D eigenvalue weighted by molar-refractivity contribution is 6.09. The van der Waals surface area contributed by atoms with Crippen molar-refractivity contribution in [2.75, 3.05) is 12.4 Å². The molecule has 0 saturated carbocycles. The fraction of sp³-hybridized carbons (Fsp3) is 0.0526. The van der Waals surface area contributed by atoms with E-state index in [1.54, 1.807) is 12.1 Å². The maximum Gasteiger partial charge on any atom is 0.337 e. The summed E-state index contributed by atoms with van der Waals surface area (Å²) in [5.41, 5.74) is -0.261. The van der Waals surface area contributed by atoms with Gasteiger partial charge in [0.15, 0.2) is 11.6 Å². The minimum atomic E-state index is -1.39. The molecule has 0 aliphatic carbocycles. The van der Waals surface area contributed by atoms with Crippen LogP contribution < -0.4 is 10.1 Å². The van der Waals surface area contributed by atoms with Crippen molar-refractivity contribution in [2.45, 2.75) is 0 Å².